The van der Waals surface area contributed by atoms with Gasteiger partial charge in [-0.05, 0) is 35.9 Å². The zero-order chi connectivity index (χ0) is 20.6. The van der Waals surface area contributed by atoms with Crippen molar-refractivity contribution >= 4 is 29.4 Å². The van der Waals surface area contributed by atoms with Crippen LogP contribution < -0.4 is 9.47 Å². The SMILES string of the molecule is COc1cc(/C=C/C(=O)c2ccccc2Cl)ccc1OCC(=O)N1CCOCC1. The van der Waals surface area contributed by atoms with E-state index in [4.69, 9.17) is 25.8 Å². The molecule has 0 bridgehead atoms. The van der Waals surface area contributed by atoms with Crippen molar-refractivity contribution in [2.45, 2.75) is 0 Å². The van der Waals surface area contributed by atoms with Crippen molar-refractivity contribution in [2.24, 2.45) is 0 Å². The predicted octanol–water partition coefficient (Wildman–Crippen LogP) is 3.48. The summed E-state index contributed by atoms with van der Waals surface area (Å²) in [5.74, 6) is 0.659. The molecule has 2 aromatic carbocycles. The van der Waals surface area contributed by atoms with E-state index in [2.05, 4.69) is 0 Å². The van der Waals surface area contributed by atoms with E-state index in [9.17, 15) is 9.59 Å². The third kappa shape index (κ3) is 5.59. The van der Waals surface area contributed by atoms with Crippen LogP contribution in [-0.2, 0) is 9.53 Å². The van der Waals surface area contributed by atoms with Gasteiger partial charge >= 0.3 is 0 Å². The van der Waals surface area contributed by atoms with Crippen LogP contribution in [0.15, 0.2) is 48.5 Å². The summed E-state index contributed by atoms with van der Waals surface area (Å²) in [7, 11) is 1.52. The molecule has 2 aromatic rings. The number of carbonyl (C=O) groups excluding carboxylic acids is 2. The van der Waals surface area contributed by atoms with Crippen molar-refractivity contribution in [1.29, 1.82) is 0 Å². The van der Waals surface area contributed by atoms with Gasteiger partial charge in [-0.25, -0.2) is 0 Å². The Hall–Kier alpha value is -2.83. The number of nitrogens with zero attached hydrogens (tertiary/aromatic N) is 1. The van der Waals surface area contributed by atoms with Gasteiger partial charge in [0.25, 0.3) is 5.91 Å². The number of methoxy groups -OCH3 is 1. The zero-order valence-corrected chi connectivity index (χ0v) is 16.9. The summed E-state index contributed by atoms with van der Waals surface area (Å²) in [4.78, 5) is 26.2. The third-order valence-corrected chi connectivity index (χ3v) is 4.80. The van der Waals surface area contributed by atoms with Gasteiger partial charge in [0.1, 0.15) is 0 Å². The van der Waals surface area contributed by atoms with Crippen LogP contribution in [0.2, 0.25) is 5.02 Å². The second-order valence-corrected chi connectivity index (χ2v) is 6.78. The van der Waals surface area contributed by atoms with Crippen LogP contribution in [0, 0.1) is 0 Å². The van der Waals surface area contributed by atoms with Gasteiger partial charge in [0.15, 0.2) is 23.9 Å². The predicted molar refractivity (Wildman–Crippen MR) is 111 cm³/mol. The molecule has 0 spiro atoms. The van der Waals surface area contributed by atoms with Gasteiger partial charge in [0.05, 0.1) is 25.3 Å². The van der Waals surface area contributed by atoms with Crippen LogP contribution in [-0.4, -0.2) is 56.6 Å². The van der Waals surface area contributed by atoms with Crippen molar-refractivity contribution in [3.63, 3.8) is 0 Å². The summed E-state index contributed by atoms with van der Waals surface area (Å²) >= 11 is 6.06. The molecule has 1 heterocycles. The number of hydrogen-bond acceptors (Lipinski definition) is 5. The summed E-state index contributed by atoms with van der Waals surface area (Å²) in [6.45, 7) is 2.16. The highest BCUT2D eigenvalue weighted by atomic mass is 35.5. The quantitative estimate of drug-likeness (QED) is 0.511. The van der Waals surface area contributed by atoms with Crippen molar-refractivity contribution in [1.82, 2.24) is 4.90 Å². The summed E-state index contributed by atoms with van der Waals surface area (Å²) in [5.41, 5.74) is 1.20. The van der Waals surface area contributed by atoms with Crippen LogP contribution in [0.1, 0.15) is 15.9 Å². The standard InChI is InChI=1S/C22H22ClNO5/c1-27-21-14-16(6-8-19(25)17-4-2-3-5-18(17)23)7-9-20(21)29-15-22(26)24-10-12-28-13-11-24/h2-9,14H,10-13,15H2,1H3/b8-6+. The lowest BCUT2D eigenvalue weighted by Crippen LogP contribution is -2.43. The highest BCUT2D eigenvalue weighted by molar-refractivity contribution is 6.34. The summed E-state index contributed by atoms with van der Waals surface area (Å²) in [5, 5.41) is 0.411. The number of carbonyl (C=O) groups is 2. The zero-order valence-electron chi connectivity index (χ0n) is 16.1. The number of allylic oxidation sites excluding steroid dienone is 1. The number of benzene rings is 2. The molecular formula is C22H22ClNO5. The maximum Gasteiger partial charge on any atom is 0.260 e. The Balaban J connectivity index is 1.64. The van der Waals surface area contributed by atoms with Crippen molar-refractivity contribution in [3.8, 4) is 11.5 Å². The molecule has 6 nitrogen and oxygen atoms in total. The molecular weight excluding hydrogens is 394 g/mol. The average Bonchev–Trinajstić information content (AvgIpc) is 2.77. The Morgan fingerprint density at radius 1 is 1.14 bits per heavy atom. The minimum atomic E-state index is -0.189. The number of hydrogen-bond donors (Lipinski definition) is 0. The van der Waals surface area contributed by atoms with Crippen molar-refractivity contribution in [3.05, 3.63) is 64.7 Å². The van der Waals surface area contributed by atoms with Crippen LogP contribution in [0.3, 0.4) is 0 Å². The third-order valence-electron chi connectivity index (χ3n) is 4.47. The Morgan fingerprint density at radius 3 is 2.62 bits per heavy atom. The van der Waals surface area contributed by atoms with E-state index in [1.54, 1.807) is 53.4 Å². The fourth-order valence-electron chi connectivity index (χ4n) is 2.87. The molecule has 0 atom stereocenters. The van der Waals surface area contributed by atoms with Crippen molar-refractivity contribution in [2.75, 3.05) is 40.0 Å². The van der Waals surface area contributed by atoms with Gasteiger partial charge in [-0.2, -0.15) is 0 Å². The number of ketones is 1. The van der Waals surface area contributed by atoms with E-state index in [1.807, 2.05) is 0 Å². The van der Waals surface area contributed by atoms with Gasteiger partial charge < -0.3 is 19.1 Å². The molecule has 1 fully saturated rings. The molecule has 1 saturated heterocycles. The first kappa shape index (κ1) is 20.9. The van der Waals surface area contributed by atoms with E-state index in [-0.39, 0.29) is 18.3 Å². The lowest BCUT2D eigenvalue weighted by atomic mass is 10.1. The van der Waals surface area contributed by atoms with Crippen LogP contribution in [0.25, 0.3) is 6.08 Å². The second kappa shape index (κ2) is 10.1. The maximum atomic E-state index is 12.3. The van der Waals surface area contributed by atoms with Gasteiger partial charge in [0, 0.05) is 18.7 Å². The fraction of sp³-hybridized carbons (Fsp3) is 0.273. The first-order chi connectivity index (χ1) is 14.1. The minimum Gasteiger partial charge on any atom is -0.493 e. The average molecular weight is 416 g/mol. The second-order valence-electron chi connectivity index (χ2n) is 6.37. The Morgan fingerprint density at radius 2 is 1.90 bits per heavy atom. The molecule has 0 aliphatic carbocycles. The molecule has 1 amide bonds. The fourth-order valence-corrected chi connectivity index (χ4v) is 3.10. The number of amides is 1. The number of rotatable bonds is 7. The molecule has 0 unspecified atom stereocenters. The largest absolute Gasteiger partial charge is 0.493 e. The lowest BCUT2D eigenvalue weighted by Gasteiger charge is -2.26. The molecule has 29 heavy (non-hydrogen) atoms. The first-order valence-electron chi connectivity index (χ1n) is 9.22. The highest BCUT2D eigenvalue weighted by Crippen LogP contribution is 2.29. The maximum absolute atomic E-state index is 12.3. The molecule has 0 radical (unpaired) electrons. The molecule has 1 aliphatic rings. The van der Waals surface area contributed by atoms with E-state index in [0.717, 1.165) is 5.56 Å². The Kier molecular flexibility index (Phi) is 7.27. The minimum absolute atomic E-state index is 0.0729. The monoisotopic (exact) mass is 415 g/mol. The van der Waals surface area contributed by atoms with E-state index in [0.29, 0.717) is 48.4 Å². The molecule has 3 rings (SSSR count). The molecule has 0 saturated carbocycles. The molecule has 0 N–H and O–H groups in total. The number of ether oxygens (including phenoxy) is 3. The normalized spacial score (nSPS) is 14.1. The number of halogens is 1. The molecule has 1 aliphatic heterocycles. The summed E-state index contributed by atoms with van der Waals surface area (Å²) < 4.78 is 16.3. The van der Waals surface area contributed by atoms with Crippen molar-refractivity contribution < 1.29 is 23.8 Å². The first-order valence-corrected chi connectivity index (χ1v) is 9.59. The lowest BCUT2D eigenvalue weighted by molar-refractivity contribution is -0.137. The molecule has 152 valence electrons. The van der Waals surface area contributed by atoms with E-state index < -0.39 is 0 Å². The van der Waals surface area contributed by atoms with Gasteiger partial charge in [-0.15, -0.1) is 0 Å². The molecule has 7 heteroatoms. The van der Waals surface area contributed by atoms with Gasteiger partial charge in [-0.3, -0.25) is 9.59 Å². The van der Waals surface area contributed by atoms with Gasteiger partial charge in [0.2, 0.25) is 0 Å². The van der Waals surface area contributed by atoms with Crippen LogP contribution in [0.4, 0.5) is 0 Å². The van der Waals surface area contributed by atoms with E-state index >= 15 is 0 Å². The highest BCUT2D eigenvalue weighted by Gasteiger charge is 2.18. The van der Waals surface area contributed by atoms with Gasteiger partial charge in [-0.1, -0.05) is 35.9 Å². The smallest absolute Gasteiger partial charge is 0.260 e. The molecule has 0 aromatic heterocycles. The topological polar surface area (TPSA) is 65.1 Å². The van der Waals surface area contributed by atoms with Crippen LogP contribution >= 0.6 is 11.6 Å². The van der Waals surface area contributed by atoms with E-state index in [1.165, 1.54) is 13.2 Å². The number of morpholine rings is 1. The Labute approximate surface area is 174 Å². The van der Waals surface area contributed by atoms with Crippen LogP contribution in [0.5, 0.6) is 11.5 Å². The summed E-state index contributed by atoms with van der Waals surface area (Å²) in [6, 6.07) is 12.1. The Bertz CT molecular complexity index is 906. The summed E-state index contributed by atoms with van der Waals surface area (Å²) in [6.07, 6.45) is 3.13.